The van der Waals surface area contributed by atoms with E-state index in [1.807, 2.05) is 55.5 Å². The molecule has 0 bridgehead atoms. The van der Waals surface area contributed by atoms with Crippen molar-refractivity contribution in [2.45, 2.75) is 6.92 Å². The molecular formula is C24H19N7O. The Morgan fingerprint density at radius 3 is 2.81 bits per heavy atom. The first-order valence-electron chi connectivity index (χ1n) is 10.0. The number of rotatable bonds is 5. The lowest BCUT2D eigenvalue weighted by Gasteiger charge is -2.14. The number of pyridine rings is 1. The monoisotopic (exact) mass is 421 g/mol. The molecule has 8 nitrogen and oxygen atoms in total. The maximum Gasteiger partial charge on any atom is 0.255 e. The molecule has 3 heterocycles. The molecule has 0 fully saturated rings. The van der Waals surface area contributed by atoms with Crippen molar-refractivity contribution >= 4 is 34.0 Å². The maximum absolute atomic E-state index is 12.9. The fourth-order valence-corrected chi connectivity index (χ4v) is 3.41. The van der Waals surface area contributed by atoms with Gasteiger partial charge in [-0.05, 0) is 61.0 Å². The Hall–Kier alpha value is -4.59. The van der Waals surface area contributed by atoms with Gasteiger partial charge in [0.05, 0.1) is 17.4 Å². The number of aromatic nitrogens is 5. The summed E-state index contributed by atoms with van der Waals surface area (Å²) in [6.07, 6.45) is 6.65. The predicted octanol–water partition coefficient (Wildman–Crippen LogP) is 4.72. The molecule has 0 aliphatic carbocycles. The predicted molar refractivity (Wildman–Crippen MR) is 124 cm³/mol. The Balaban J connectivity index is 1.41. The molecule has 2 aromatic carbocycles. The summed E-state index contributed by atoms with van der Waals surface area (Å²) in [5, 5.41) is 14.2. The molecule has 3 N–H and O–H groups in total. The van der Waals surface area contributed by atoms with Crippen LogP contribution in [-0.2, 0) is 0 Å². The van der Waals surface area contributed by atoms with Gasteiger partial charge in [-0.1, -0.05) is 6.07 Å². The topological polar surface area (TPSA) is 108 Å². The molecule has 5 aromatic rings. The number of nitrogens with zero attached hydrogens (tertiary/aromatic N) is 4. The highest BCUT2D eigenvalue weighted by Crippen LogP contribution is 2.28. The SMILES string of the molecule is Cc1ccc(C(=O)Nc2ccc3cn[nH]c3c2)cc1Nc1ncccc1-c1ccncn1. The fraction of sp³-hybridized carbons (Fsp3) is 0.0417. The van der Waals surface area contributed by atoms with E-state index in [9.17, 15) is 4.79 Å². The van der Waals surface area contributed by atoms with Crippen molar-refractivity contribution in [2.75, 3.05) is 10.6 Å². The highest BCUT2D eigenvalue weighted by Gasteiger charge is 2.12. The molecule has 32 heavy (non-hydrogen) atoms. The number of carbonyl (C=O) groups excluding carboxylic acids is 1. The molecule has 0 unspecified atom stereocenters. The minimum atomic E-state index is -0.205. The van der Waals surface area contributed by atoms with Crippen LogP contribution >= 0.6 is 0 Å². The third-order valence-electron chi connectivity index (χ3n) is 5.12. The summed E-state index contributed by atoms with van der Waals surface area (Å²) < 4.78 is 0. The van der Waals surface area contributed by atoms with E-state index < -0.39 is 0 Å². The summed E-state index contributed by atoms with van der Waals surface area (Å²) in [5.74, 6) is 0.445. The van der Waals surface area contributed by atoms with Crippen LogP contribution in [0.3, 0.4) is 0 Å². The van der Waals surface area contributed by atoms with E-state index in [-0.39, 0.29) is 5.91 Å². The average molecular weight is 421 g/mol. The standard InChI is InChI=1S/C24H19N7O/c1-15-4-5-16(24(32)29-18-7-6-17-13-28-31-22(17)12-18)11-21(15)30-23-19(3-2-9-26-23)20-8-10-25-14-27-20/h2-14H,1H3,(H,26,30)(H,28,31)(H,29,32). The number of nitrogens with one attached hydrogen (secondary N) is 3. The van der Waals surface area contributed by atoms with Gasteiger partial charge in [-0.2, -0.15) is 5.10 Å². The van der Waals surface area contributed by atoms with Crippen LogP contribution in [0.25, 0.3) is 22.2 Å². The number of aryl methyl sites for hydroxylation is 1. The second kappa shape index (κ2) is 8.27. The minimum Gasteiger partial charge on any atom is -0.339 e. The number of aromatic amines is 1. The summed E-state index contributed by atoms with van der Waals surface area (Å²) >= 11 is 0. The molecule has 156 valence electrons. The molecular weight excluding hydrogens is 402 g/mol. The quantitative estimate of drug-likeness (QED) is 0.379. The van der Waals surface area contributed by atoms with Crippen LogP contribution in [0.4, 0.5) is 17.2 Å². The normalized spacial score (nSPS) is 10.8. The Labute approximate surface area is 183 Å². The van der Waals surface area contributed by atoms with E-state index in [2.05, 4.69) is 35.8 Å². The first-order valence-corrected chi connectivity index (χ1v) is 10.0. The summed E-state index contributed by atoms with van der Waals surface area (Å²) in [4.78, 5) is 25.7. The Morgan fingerprint density at radius 2 is 1.94 bits per heavy atom. The highest BCUT2D eigenvalue weighted by atomic mass is 16.1. The lowest BCUT2D eigenvalue weighted by Crippen LogP contribution is -2.12. The summed E-state index contributed by atoms with van der Waals surface area (Å²) in [7, 11) is 0. The number of hydrogen-bond donors (Lipinski definition) is 3. The van der Waals surface area contributed by atoms with Gasteiger partial charge in [0.2, 0.25) is 0 Å². The molecule has 0 radical (unpaired) electrons. The van der Waals surface area contributed by atoms with Crippen LogP contribution in [0.5, 0.6) is 0 Å². The molecule has 5 rings (SSSR count). The fourth-order valence-electron chi connectivity index (χ4n) is 3.41. The number of H-pyrrole nitrogens is 1. The molecule has 8 heteroatoms. The molecule has 0 atom stereocenters. The Kier molecular flexibility index (Phi) is 5.01. The van der Waals surface area contributed by atoms with Gasteiger partial charge in [0.25, 0.3) is 5.91 Å². The zero-order valence-corrected chi connectivity index (χ0v) is 17.2. The number of anilines is 3. The molecule has 3 aromatic heterocycles. The third kappa shape index (κ3) is 3.89. The van der Waals surface area contributed by atoms with E-state index in [0.717, 1.165) is 33.4 Å². The van der Waals surface area contributed by atoms with Crippen molar-refractivity contribution in [2.24, 2.45) is 0 Å². The average Bonchev–Trinajstić information content (AvgIpc) is 3.29. The summed E-state index contributed by atoms with van der Waals surface area (Å²) in [5.41, 5.74) is 5.46. The maximum atomic E-state index is 12.9. The Bertz CT molecular complexity index is 1410. The zero-order valence-electron chi connectivity index (χ0n) is 17.2. The van der Waals surface area contributed by atoms with Gasteiger partial charge in [-0.15, -0.1) is 0 Å². The van der Waals surface area contributed by atoms with Crippen LogP contribution in [-0.4, -0.2) is 31.1 Å². The number of amides is 1. The van der Waals surface area contributed by atoms with Gasteiger partial charge >= 0.3 is 0 Å². The van der Waals surface area contributed by atoms with Crippen LogP contribution in [0.15, 0.2) is 79.5 Å². The first kappa shape index (κ1) is 19.4. The van der Waals surface area contributed by atoms with Crippen molar-refractivity contribution in [3.8, 4) is 11.3 Å². The van der Waals surface area contributed by atoms with E-state index >= 15 is 0 Å². The number of hydrogen-bond acceptors (Lipinski definition) is 6. The van der Waals surface area contributed by atoms with Crippen LogP contribution < -0.4 is 10.6 Å². The van der Waals surface area contributed by atoms with E-state index in [4.69, 9.17) is 0 Å². The highest BCUT2D eigenvalue weighted by molar-refractivity contribution is 6.05. The van der Waals surface area contributed by atoms with Crippen LogP contribution in [0.1, 0.15) is 15.9 Å². The zero-order chi connectivity index (χ0) is 21.9. The van der Waals surface area contributed by atoms with Crippen molar-refractivity contribution in [3.05, 3.63) is 90.6 Å². The van der Waals surface area contributed by atoms with Crippen LogP contribution in [0.2, 0.25) is 0 Å². The largest absolute Gasteiger partial charge is 0.339 e. The molecule has 0 spiro atoms. The molecule has 0 saturated carbocycles. The first-order chi connectivity index (χ1) is 15.7. The summed E-state index contributed by atoms with van der Waals surface area (Å²) in [6, 6.07) is 16.8. The van der Waals surface area contributed by atoms with Gasteiger partial charge in [0.1, 0.15) is 12.1 Å². The lowest BCUT2D eigenvalue weighted by molar-refractivity contribution is 0.102. The van der Waals surface area contributed by atoms with E-state index in [0.29, 0.717) is 17.1 Å². The third-order valence-corrected chi connectivity index (χ3v) is 5.12. The molecule has 0 aliphatic rings. The summed E-state index contributed by atoms with van der Waals surface area (Å²) in [6.45, 7) is 1.98. The second-order valence-electron chi connectivity index (χ2n) is 7.28. The minimum absolute atomic E-state index is 0.205. The molecule has 1 amide bonds. The van der Waals surface area contributed by atoms with Crippen molar-refractivity contribution in [3.63, 3.8) is 0 Å². The van der Waals surface area contributed by atoms with E-state index in [1.54, 1.807) is 24.7 Å². The van der Waals surface area contributed by atoms with Gasteiger partial charge < -0.3 is 10.6 Å². The second-order valence-corrected chi connectivity index (χ2v) is 7.28. The van der Waals surface area contributed by atoms with Crippen molar-refractivity contribution in [1.29, 1.82) is 0 Å². The molecule has 0 aliphatic heterocycles. The van der Waals surface area contributed by atoms with E-state index in [1.165, 1.54) is 6.33 Å². The lowest BCUT2D eigenvalue weighted by atomic mass is 10.1. The van der Waals surface area contributed by atoms with Gasteiger partial charge in [0, 0.05) is 40.3 Å². The van der Waals surface area contributed by atoms with Crippen LogP contribution in [0, 0.1) is 6.92 Å². The number of carbonyl (C=O) groups is 1. The van der Waals surface area contributed by atoms with Gasteiger partial charge in [-0.25, -0.2) is 15.0 Å². The van der Waals surface area contributed by atoms with Gasteiger partial charge in [0.15, 0.2) is 0 Å². The van der Waals surface area contributed by atoms with Crippen molar-refractivity contribution < 1.29 is 4.79 Å². The smallest absolute Gasteiger partial charge is 0.255 e. The Morgan fingerprint density at radius 1 is 1.00 bits per heavy atom. The number of fused-ring (bicyclic) bond motifs is 1. The van der Waals surface area contributed by atoms with Crippen molar-refractivity contribution in [1.82, 2.24) is 25.1 Å². The number of benzene rings is 2. The van der Waals surface area contributed by atoms with Gasteiger partial charge in [-0.3, -0.25) is 9.89 Å². The molecule has 0 saturated heterocycles.